The highest BCUT2D eigenvalue weighted by atomic mass is 32.1. The molecule has 8 rings (SSSR count). The first-order chi connectivity index (χ1) is 25.6. The number of carbonyl (C=O) groups excluding carboxylic acids is 3. The normalized spacial score (nSPS) is 16.0. The van der Waals surface area contributed by atoms with Gasteiger partial charge in [0.1, 0.15) is 23.3 Å². The molecule has 5 aromatic rings. The van der Waals surface area contributed by atoms with Crippen molar-refractivity contribution >= 4 is 46.1 Å². The first-order valence-electron chi connectivity index (χ1n) is 17.5. The molecule has 2 fully saturated rings. The molecule has 12 heteroatoms. The number of rotatable bonds is 7. The van der Waals surface area contributed by atoms with E-state index in [2.05, 4.69) is 10.2 Å². The topological polar surface area (TPSA) is 91.8 Å². The third-order valence-electron chi connectivity index (χ3n) is 10.4. The number of hydrogen-bond donors (Lipinski definition) is 1. The molecular formula is C41H35F3N4O4S. The van der Waals surface area contributed by atoms with Crippen LogP contribution in [0.2, 0.25) is 0 Å². The molecule has 2 saturated heterocycles. The molecule has 0 aliphatic carbocycles. The number of thiophene rings is 1. The van der Waals surface area contributed by atoms with Crippen LogP contribution in [0, 0.1) is 29.8 Å². The molecule has 8 nitrogen and oxygen atoms in total. The van der Waals surface area contributed by atoms with Crippen molar-refractivity contribution in [3.63, 3.8) is 0 Å². The van der Waals surface area contributed by atoms with Gasteiger partial charge in [0.15, 0.2) is 5.78 Å². The van der Waals surface area contributed by atoms with E-state index in [1.807, 2.05) is 37.3 Å². The maximum Gasteiger partial charge on any atom is 0.259 e. The van der Waals surface area contributed by atoms with E-state index in [9.17, 15) is 27.6 Å². The highest BCUT2D eigenvalue weighted by molar-refractivity contribution is 7.17. The van der Waals surface area contributed by atoms with E-state index in [4.69, 9.17) is 9.72 Å². The molecule has 2 amide bonds. The van der Waals surface area contributed by atoms with E-state index < -0.39 is 35.2 Å². The third kappa shape index (κ3) is 6.73. The summed E-state index contributed by atoms with van der Waals surface area (Å²) in [5.74, 6) is -3.57. The number of ether oxygens (including phenoxy) is 1. The number of ketones is 1. The van der Waals surface area contributed by atoms with E-state index in [-0.39, 0.29) is 17.2 Å². The van der Waals surface area contributed by atoms with Crippen LogP contribution >= 0.6 is 11.3 Å². The zero-order valence-corrected chi connectivity index (χ0v) is 29.7. The lowest BCUT2D eigenvalue weighted by Crippen LogP contribution is -2.59. The quantitative estimate of drug-likeness (QED) is 0.170. The van der Waals surface area contributed by atoms with E-state index in [1.54, 1.807) is 41.3 Å². The Hall–Kier alpha value is -5.33. The lowest BCUT2D eigenvalue weighted by Gasteiger charge is -2.53. The van der Waals surface area contributed by atoms with Crippen molar-refractivity contribution in [2.45, 2.75) is 32.6 Å². The molecule has 5 heterocycles. The molecule has 53 heavy (non-hydrogen) atoms. The Bertz CT molecular complexity index is 2240. The Labute approximate surface area is 308 Å². The molecule has 270 valence electrons. The standard InChI is InChI=1S/C41H35F3N4O4S/c1-24-6-11-30(38(45-24)47-22-41(23-47)13-16-52-17-14-41)39(50)46-28-9-7-25(8-10-28)40(51)48-15-12-26-18-36(53-37(26)29-4-2-3-5-34(29)48)35(49)21-31-32(43)19-27(42)20-33(31)44/h2-11,18-20H,12-17,21-23H2,1H3,(H,46,50). The van der Waals surface area contributed by atoms with Crippen molar-refractivity contribution in [3.8, 4) is 10.4 Å². The van der Waals surface area contributed by atoms with E-state index in [0.29, 0.717) is 58.3 Å². The molecular weight excluding hydrogens is 702 g/mol. The third-order valence-corrected chi connectivity index (χ3v) is 11.6. The predicted octanol–water partition coefficient (Wildman–Crippen LogP) is 8.03. The van der Waals surface area contributed by atoms with Crippen LogP contribution < -0.4 is 15.1 Å². The molecule has 0 unspecified atom stereocenters. The molecule has 1 N–H and O–H groups in total. The van der Waals surface area contributed by atoms with E-state index in [0.717, 1.165) is 60.8 Å². The first-order valence-corrected chi connectivity index (χ1v) is 18.3. The van der Waals surface area contributed by atoms with Gasteiger partial charge in [0.2, 0.25) is 0 Å². The summed E-state index contributed by atoms with van der Waals surface area (Å²) in [4.78, 5) is 50.4. The molecule has 0 bridgehead atoms. The second kappa shape index (κ2) is 13.9. The van der Waals surface area contributed by atoms with Gasteiger partial charge in [-0.05, 0) is 80.3 Å². The largest absolute Gasteiger partial charge is 0.381 e. The zero-order valence-electron chi connectivity index (χ0n) is 28.9. The van der Waals surface area contributed by atoms with Gasteiger partial charge >= 0.3 is 0 Å². The fraction of sp³-hybridized carbons (Fsp3) is 0.268. The second-order valence-corrected chi connectivity index (χ2v) is 15.0. The summed E-state index contributed by atoms with van der Waals surface area (Å²) in [5, 5.41) is 2.98. The summed E-state index contributed by atoms with van der Waals surface area (Å²) in [6.45, 7) is 5.45. The number of anilines is 3. The minimum atomic E-state index is -1.10. The Kier molecular flexibility index (Phi) is 9.11. The molecule has 3 aliphatic heterocycles. The number of nitrogens with one attached hydrogen (secondary N) is 1. The van der Waals surface area contributed by atoms with Crippen molar-refractivity contribution in [1.29, 1.82) is 0 Å². The SMILES string of the molecule is Cc1ccc(C(=O)Nc2ccc(C(=O)N3CCc4cc(C(=O)Cc5c(F)cc(F)cc5F)sc4-c4ccccc43)cc2)c(N2CC3(CCOCC3)C2)n1. The monoisotopic (exact) mass is 736 g/mol. The van der Waals surface area contributed by atoms with Gasteiger partial charge in [-0.15, -0.1) is 11.3 Å². The lowest BCUT2D eigenvalue weighted by atomic mass is 9.73. The number of Topliss-reactive ketones (excluding diaryl/α,β-unsaturated/α-hetero) is 1. The van der Waals surface area contributed by atoms with Crippen LogP contribution in [0.1, 0.15) is 60.1 Å². The number of para-hydroxylation sites is 1. The highest BCUT2D eigenvalue weighted by Gasteiger charge is 2.45. The van der Waals surface area contributed by atoms with Gasteiger partial charge < -0.3 is 19.9 Å². The van der Waals surface area contributed by atoms with E-state index >= 15 is 0 Å². The van der Waals surface area contributed by atoms with Crippen molar-refractivity contribution in [2.24, 2.45) is 5.41 Å². The number of carbonyl (C=O) groups is 3. The van der Waals surface area contributed by atoms with Gasteiger partial charge in [-0.25, -0.2) is 18.2 Å². The maximum atomic E-state index is 14.3. The molecule has 2 aromatic heterocycles. The summed E-state index contributed by atoms with van der Waals surface area (Å²) in [7, 11) is 0. The number of halogens is 3. The lowest BCUT2D eigenvalue weighted by molar-refractivity contribution is -0.000519. The second-order valence-electron chi connectivity index (χ2n) is 14.0. The van der Waals surface area contributed by atoms with Gasteiger partial charge in [-0.2, -0.15) is 0 Å². The van der Waals surface area contributed by atoms with Gasteiger partial charge in [0.25, 0.3) is 11.8 Å². The average molecular weight is 737 g/mol. The van der Waals surface area contributed by atoms with Crippen LogP contribution in [0.15, 0.2) is 78.9 Å². The van der Waals surface area contributed by atoms with Gasteiger partial charge in [-0.3, -0.25) is 14.4 Å². The van der Waals surface area contributed by atoms with Gasteiger partial charge in [0.05, 0.1) is 16.1 Å². The number of aromatic nitrogens is 1. The molecule has 0 saturated carbocycles. The van der Waals surface area contributed by atoms with E-state index in [1.165, 1.54) is 11.3 Å². The number of benzene rings is 3. The van der Waals surface area contributed by atoms with Crippen molar-refractivity contribution < 1.29 is 32.3 Å². The summed E-state index contributed by atoms with van der Waals surface area (Å²) in [5.41, 5.74) is 4.30. The molecule has 0 radical (unpaired) electrons. The minimum Gasteiger partial charge on any atom is -0.381 e. The summed E-state index contributed by atoms with van der Waals surface area (Å²) < 4.78 is 47.6. The maximum absolute atomic E-state index is 14.3. The first kappa shape index (κ1) is 34.7. The Morgan fingerprint density at radius 3 is 2.38 bits per heavy atom. The number of nitrogens with zero attached hydrogens (tertiary/aromatic N) is 3. The molecule has 3 aromatic carbocycles. The van der Waals surface area contributed by atoms with Crippen LogP contribution in [-0.4, -0.2) is 55.4 Å². The number of aryl methyl sites for hydroxylation is 1. The molecule has 1 spiro atoms. The van der Waals surface area contributed by atoms with Crippen molar-refractivity contribution in [1.82, 2.24) is 4.98 Å². The Balaban J connectivity index is 0.973. The Morgan fingerprint density at radius 2 is 1.64 bits per heavy atom. The van der Waals surface area contributed by atoms with Crippen LogP contribution in [0.5, 0.6) is 0 Å². The van der Waals surface area contributed by atoms with Crippen LogP contribution in [0.3, 0.4) is 0 Å². The average Bonchev–Trinajstić information content (AvgIpc) is 3.50. The van der Waals surface area contributed by atoms with Gasteiger partial charge in [0, 0.05) is 89.8 Å². The van der Waals surface area contributed by atoms with Crippen LogP contribution in [-0.2, 0) is 17.6 Å². The molecule has 0 atom stereocenters. The Morgan fingerprint density at radius 1 is 0.925 bits per heavy atom. The zero-order chi connectivity index (χ0) is 36.9. The van der Waals surface area contributed by atoms with Crippen LogP contribution in [0.25, 0.3) is 10.4 Å². The fourth-order valence-electron chi connectivity index (χ4n) is 7.48. The summed E-state index contributed by atoms with van der Waals surface area (Å²) in [6, 6.07) is 20.7. The van der Waals surface area contributed by atoms with Crippen LogP contribution in [0.4, 0.5) is 30.4 Å². The number of fused-ring (bicyclic) bond motifs is 3. The summed E-state index contributed by atoms with van der Waals surface area (Å²) >= 11 is 1.20. The van der Waals surface area contributed by atoms with Crippen molar-refractivity contribution in [3.05, 3.63) is 129 Å². The predicted molar refractivity (Wildman–Crippen MR) is 198 cm³/mol. The number of pyridine rings is 1. The van der Waals surface area contributed by atoms with Gasteiger partial charge in [-0.1, -0.05) is 18.2 Å². The smallest absolute Gasteiger partial charge is 0.259 e. The summed E-state index contributed by atoms with van der Waals surface area (Å²) in [6.07, 6.45) is 1.91. The highest BCUT2D eigenvalue weighted by Crippen LogP contribution is 2.44. The number of hydrogen-bond acceptors (Lipinski definition) is 7. The minimum absolute atomic E-state index is 0.219. The molecule has 3 aliphatic rings. The van der Waals surface area contributed by atoms with Crippen molar-refractivity contribution in [2.75, 3.05) is 48.0 Å². The fourth-order valence-corrected chi connectivity index (χ4v) is 8.66. The number of amides is 2.